The predicted molar refractivity (Wildman–Crippen MR) is 76.6 cm³/mol. The highest BCUT2D eigenvalue weighted by Gasteiger charge is 2.14. The van der Waals surface area contributed by atoms with Crippen LogP contribution >= 0.6 is 0 Å². The third kappa shape index (κ3) is 2.96. The Kier molecular flexibility index (Phi) is 4.22. The number of rotatable bonds is 5. The standard InChI is InChI=1S/C15H21N3O/c1-4-12-6-5-7-13(10-12)19-15-14(8-9-16)11(2)17-18(15)3/h5-7,10H,4,8-9,16H2,1-3H3. The minimum Gasteiger partial charge on any atom is -0.439 e. The van der Waals surface area contributed by atoms with Crippen LogP contribution in [0.1, 0.15) is 23.7 Å². The van der Waals surface area contributed by atoms with E-state index in [0.29, 0.717) is 6.54 Å². The summed E-state index contributed by atoms with van der Waals surface area (Å²) in [6.45, 7) is 4.71. The highest BCUT2D eigenvalue weighted by atomic mass is 16.5. The van der Waals surface area contributed by atoms with Crippen LogP contribution in [0.15, 0.2) is 24.3 Å². The first-order chi connectivity index (χ1) is 9.15. The number of nitrogens with two attached hydrogens (primary N) is 1. The monoisotopic (exact) mass is 259 g/mol. The van der Waals surface area contributed by atoms with Gasteiger partial charge in [-0.25, -0.2) is 4.68 Å². The number of aromatic nitrogens is 2. The van der Waals surface area contributed by atoms with E-state index in [1.807, 2.05) is 26.1 Å². The summed E-state index contributed by atoms with van der Waals surface area (Å²) in [6, 6.07) is 8.14. The Bertz CT molecular complexity index is 561. The molecule has 1 heterocycles. The van der Waals surface area contributed by atoms with Crippen molar-refractivity contribution < 1.29 is 4.74 Å². The minimum atomic E-state index is 0.595. The lowest BCUT2D eigenvalue weighted by Gasteiger charge is -2.09. The number of ether oxygens (including phenoxy) is 1. The van der Waals surface area contributed by atoms with E-state index < -0.39 is 0 Å². The smallest absolute Gasteiger partial charge is 0.221 e. The van der Waals surface area contributed by atoms with Crippen LogP contribution in [-0.2, 0) is 19.9 Å². The lowest BCUT2D eigenvalue weighted by molar-refractivity contribution is 0.425. The van der Waals surface area contributed by atoms with E-state index in [9.17, 15) is 0 Å². The molecule has 0 saturated carbocycles. The van der Waals surface area contributed by atoms with Crippen molar-refractivity contribution >= 4 is 0 Å². The van der Waals surface area contributed by atoms with Crippen molar-refractivity contribution in [2.24, 2.45) is 12.8 Å². The van der Waals surface area contributed by atoms with Crippen LogP contribution in [-0.4, -0.2) is 16.3 Å². The molecule has 0 aliphatic heterocycles. The van der Waals surface area contributed by atoms with Gasteiger partial charge in [-0.2, -0.15) is 5.10 Å². The van der Waals surface area contributed by atoms with Crippen molar-refractivity contribution in [1.29, 1.82) is 0 Å². The summed E-state index contributed by atoms with van der Waals surface area (Å²) >= 11 is 0. The van der Waals surface area contributed by atoms with Crippen LogP contribution < -0.4 is 10.5 Å². The quantitative estimate of drug-likeness (QED) is 0.898. The van der Waals surface area contributed by atoms with E-state index in [4.69, 9.17) is 10.5 Å². The zero-order valence-corrected chi connectivity index (χ0v) is 11.8. The highest BCUT2D eigenvalue weighted by Crippen LogP contribution is 2.28. The first-order valence-electron chi connectivity index (χ1n) is 6.65. The molecule has 1 aromatic heterocycles. The van der Waals surface area contributed by atoms with E-state index in [-0.39, 0.29) is 0 Å². The second-order valence-electron chi connectivity index (χ2n) is 4.63. The van der Waals surface area contributed by atoms with Crippen LogP contribution in [0.4, 0.5) is 0 Å². The Morgan fingerprint density at radius 1 is 1.37 bits per heavy atom. The molecule has 0 spiro atoms. The summed E-state index contributed by atoms with van der Waals surface area (Å²) in [5.74, 6) is 1.64. The average Bonchev–Trinajstić information content (AvgIpc) is 2.66. The summed E-state index contributed by atoms with van der Waals surface area (Å²) in [5, 5.41) is 4.40. The van der Waals surface area contributed by atoms with Gasteiger partial charge in [0.1, 0.15) is 5.75 Å². The molecule has 0 bridgehead atoms. The van der Waals surface area contributed by atoms with Crippen LogP contribution in [0.5, 0.6) is 11.6 Å². The highest BCUT2D eigenvalue weighted by molar-refractivity contribution is 5.37. The van der Waals surface area contributed by atoms with Crippen molar-refractivity contribution in [3.05, 3.63) is 41.1 Å². The molecule has 2 rings (SSSR count). The number of hydrogen-bond donors (Lipinski definition) is 1. The molecular formula is C15H21N3O. The lowest BCUT2D eigenvalue weighted by Crippen LogP contribution is -2.05. The predicted octanol–water partition coefficient (Wildman–Crippen LogP) is 2.58. The Labute approximate surface area is 114 Å². The molecule has 19 heavy (non-hydrogen) atoms. The van der Waals surface area contributed by atoms with Crippen molar-refractivity contribution in [2.75, 3.05) is 6.54 Å². The molecule has 0 aliphatic carbocycles. The molecule has 0 amide bonds. The van der Waals surface area contributed by atoms with Gasteiger partial charge in [-0.1, -0.05) is 19.1 Å². The van der Waals surface area contributed by atoms with Gasteiger partial charge >= 0.3 is 0 Å². The first kappa shape index (κ1) is 13.6. The van der Waals surface area contributed by atoms with Gasteiger partial charge in [0.05, 0.1) is 5.69 Å². The van der Waals surface area contributed by atoms with Crippen LogP contribution in [0, 0.1) is 6.92 Å². The van der Waals surface area contributed by atoms with Gasteiger partial charge in [0.25, 0.3) is 0 Å². The van der Waals surface area contributed by atoms with Crippen LogP contribution in [0.25, 0.3) is 0 Å². The molecule has 2 N–H and O–H groups in total. The van der Waals surface area contributed by atoms with Gasteiger partial charge in [0.2, 0.25) is 5.88 Å². The molecule has 4 heteroatoms. The van der Waals surface area contributed by atoms with Crippen LogP contribution in [0.2, 0.25) is 0 Å². The Hall–Kier alpha value is -1.81. The summed E-state index contributed by atoms with van der Waals surface area (Å²) < 4.78 is 7.78. The molecule has 0 radical (unpaired) electrons. The molecule has 102 valence electrons. The second kappa shape index (κ2) is 5.89. The van der Waals surface area contributed by atoms with Crippen molar-refractivity contribution in [3.63, 3.8) is 0 Å². The maximum absolute atomic E-state index is 6.00. The number of hydrogen-bond acceptors (Lipinski definition) is 3. The SMILES string of the molecule is CCc1cccc(Oc2c(CCN)c(C)nn2C)c1. The second-order valence-corrected chi connectivity index (χ2v) is 4.63. The minimum absolute atomic E-state index is 0.595. The molecule has 0 saturated heterocycles. The largest absolute Gasteiger partial charge is 0.439 e. The van der Waals surface area contributed by atoms with E-state index in [2.05, 4.69) is 24.2 Å². The maximum Gasteiger partial charge on any atom is 0.221 e. The van der Waals surface area contributed by atoms with Gasteiger partial charge in [0, 0.05) is 12.6 Å². The molecule has 4 nitrogen and oxygen atoms in total. The summed E-state index contributed by atoms with van der Waals surface area (Å²) in [7, 11) is 1.89. The molecule has 0 fully saturated rings. The van der Waals surface area contributed by atoms with E-state index >= 15 is 0 Å². The normalized spacial score (nSPS) is 10.7. The zero-order chi connectivity index (χ0) is 13.8. The van der Waals surface area contributed by atoms with Gasteiger partial charge < -0.3 is 10.5 Å². The Balaban J connectivity index is 2.31. The zero-order valence-electron chi connectivity index (χ0n) is 11.8. The van der Waals surface area contributed by atoms with E-state index in [1.54, 1.807) is 4.68 Å². The third-order valence-corrected chi connectivity index (χ3v) is 3.20. The summed E-state index contributed by atoms with van der Waals surface area (Å²) in [4.78, 5) is 0. The maximum atomic E-state index is 6.00. The third-order valence-electron chi connectivity index (χ3n) is 3.20. The Morgan fingerprint density at radius 3 is 2.84 bits per heavy atom. The van der Waals surface area contributed by atoms with Crippen molar-refractivity contribution in [1.82, 2.24) is 9.78 Å². The summed E-state index contributed by atoms with van der Waals surface area (Å²) in [5.41, 5.74) is 8.99. The fourth-order valence-electron chi connectivity index (χ4n) is 2.18. The molecular weight excluding hydrogens is 238 g/mol. The molecule has 1 aromatic carbocycles. The van der Waals surface area contributed by atoms with E-state index in [1.165, 1.54) is 5.56 Å². The molecule has 0 atom stereocenters. The van der Waals surface area contributed by atoms with E-state index in [0.717, 1.165) is 35.7 Å². The number of nitrogens with zero attached hydrogens (tertiary/aromatic N) is 2. The van der Waals surface area contributed by atoms with Crippen molar-refractivity contribution in [3.8, 4) is 11.6 Å². The lowest BCUT2D eigenvalue weighted by atomic mass is 10.1. The average molecular weight is 259 g/mol. The fourth-order valence-corrected chi connectivity index (χ4v) is 2.18. The molecule has 0 aliphatic rings. The van der Waals surface area contributed by atoms with Crippen molar-refractivity contribution in [2.45, 2.75) is 26.7 Å². The van der Waals surface area contributed by atoms with Gasteiger partial charge in [0.15, 0.2) is 0 Å². The Morgan fingerprint density at radius 2 is 2.16 bits per heavy atom. The summed E-state index contributed by atoms with van der Waals surface area (Å²) in [6.07, 6.45) is 1.78. The molecule has 2 aromatic rings. The van der Waals surface area contributed by atoms with Gasteiger partial charge in [-0.3, -0.25) is 0 Å². The van der Waals surface area contributed by atoms with Gasteiger partial charge in [-0.05, 0) is 44.0 Å². The first-order valence-corrected chi connectivity index (χ1v) is 6.65. The molecule has 0 unspecified atom stereocenters. The number of aryl methyl sites for hydroxylation is 3. The van der Waals surface area contributed by atoms with Gasteiger partial charge in [-0.15, -0.1) is 0 Å². The fraction of sp³-hybridized carbons (Fsp3) is 0.400. The van der Waals surface area contributed by atoms with Crippen LogP contribution in [0.3, 0.4) is 0 Å². The topological polar surface area (TPSA) is 53.1 Å². The number of benzene rings is 1.